The number of hydrogen-bond acceptors (Lipinski definition) is 4. The maximum absolute atomic E-state index is 14.3. The number of aromatic nitrogens is 4. The number of hydrogen-bond donors (Lipinski definition) is 0. The molecule has 2 aliphatic rings. The van der Waals surface area contributed by atoms with Gasteiger partial charge in [0.25, 0.3) is 0 Å². The minimum Gasteiger partial charge on any atom is -0.383 e. The van der Waals surface area contributed by atoms with Crippen molar-refractivity contribution in [3.63, 3.8) is 0 Å². The summed E-state index contributed by atoms with van der Waals surface area (Å²) in [5.74, 6) is 0.957. The molecule has 10 heteroatoms. The maximum atomic E-state index is 14.3. The van der Waals surface area contributed by atoms with Crippen molar-refractivity contribution in [2.24, 2.45) is 11.8 Å². The van der Waals surface area contributed by atoms with Crippen LogP contribution < -0.4 is 5.69 Å². The first kappa shape index (κ1) is 29.7. The molecule has 0 N–H and O–H groups in total. The van der Waals surface area contributed by atoms with E-state index in [-0.39, 0.29) is 11.4 Å². The van der Waals surface area contributed by atoms with Crippen LogP contribution in [0.4, 0.5) is 13.2 Å². The average Bonchev–Trinajstić information content (AvgIpc) is 3.47. The topological polar surface area (TPSA) is 56.7 Å². The van der Waals surface area contributed by atoms with Gasteiger partial charge in [-0.15, -0.1) is 0 Å². The molecule has 1 aliphatic carbocycles. The zero-order valence-corrected chi connectivity index (χ0v) is 25.1. The van der Waals surface area contributed by atoms with E-state index < -0.39 is 17.4 Å². The summed E-state index contributed by atoms with van der Waals surface area (Å²) in [6.07, 6.45) is 5.85. The van der Waals surface area contributed by atoms with Crippen LogP contribution in [0.1, 0.15) is 72.9 Å². The van der Waals surface area contributed by atoms with Gasteiger partial charge in [0.2, 0.25) is 0 Å². The molecule has 1 aromatic carbocycles. The molecule has 6 rings (SSSR count). The van der Waals surface area contributed by atoms with Crippen LogP contribution in [0.25, 0.3) is 11.2 Å². The Balaban J connectivity index is 1.40. The second-order valence-corrected chi connectivity index (χ2v) is 12.5. The Morgan fingerprint density at radius 3 is 2.60 bits per heavy atom. The van der Waals surface area contributed by atoms with Crippen LogP contribution in [0.5, 0.6) is 0 Å². The van der Waals surface area contributed by atoms with Gasteiger partial charge >= 0.3 is 11.9 Å². The summed E-state index contributed by atoms with van der Waals surface area (Å²) in [5.41, 5.74) is 2.72. The Kier molecular flexibility index (Phi) is 8.26. The number of imidazole rings is 1. The number of ether oxygens (including phenoxy) is 1. The fourth-order valence-corrected chi connectivity index (χ4v) is 6.87. The second kappa shape index (κ2) is 12.0. The molecule has 1 saturated heterocycles. The number of fused-ring (bicyclic) bond motifs is 1. The third kappa shape index (κ3) is 6.04. The monoisotopic (exact) mass is 595 g/mol. The first-order valence-corrected chi connectivity index (χ1v) is 15.3. The standard InChI is InChI=1S/C33H40F3N5O2/c1-22-7-6-12-38(17-22)19-24-15-28(33(34,35)36)29-21-40(32(42)41(29)20-24)27-11-5-10-26(16-27)30(25-8-4-9-25)31-23(2)18-39(37-31)13-14-43-3/h5,10-11,15-16,18,20-22,25,30H,4,6-9,12-14,17,19H2,1-3H3/t22-,30+/m0/s1. The van der Waals surface area contributed by atoms with Crippen molar-refractivity contribution in [2.45, 2.75) is 71.1 Å². The quantitative estimate of drug-likeness (QED) is 0.224. The third-order valence-electron chi connectivity index (χ3n) is 9.21. The molecule has 0 spiro atoms. The van der Waals surface area contributed by atoms with Gasteiger partial charge in [0.15, 0.2) is 0 Å². The highest BCUT2D eigenvalue weighted by Crippen LogP contribution is 2.44. The molecular weight excluding hydrogens is 555 g/mol. The van der Waals surface area contributed by atoms with E-state index in [0.717, 1.165) is 62.0 Å². The van der Waals surface area contributed by atoms with Crippen molar-refractivity contribution < 1.29 is 17.9 Å². The van der Waals surface area contributed by atoms with Gasteiger partial charge < -0.3 is 4.74 Å². The fraction of sp³-hybridized carbons (Fsp3) is 0.515. The van der Waals surface area contributed by atoms with Crippen molar-refractivity contribution in [2.75, 3.05) is 26.8 Å². The summed E-state index contributed by atoms with van der Waals surface area (Å²) < 4.78 is 52.7. The number of nitrogens with zero attached hydrogens (tertiary/aromatic N) is 5. The van der Waals surface area contributed by atoms with Crippen LogP contribution in [0.3, 0.4) is 0 Å². The number of rotatable bonds is 9. The molecule has 2 atom stereocenters. The van der Waals surface area contributed by atoms with Crippen LogP contribution in [-0.2, 0) is 24.0 Å². The number of aryl methyl sites for hydroxylation is 1. The summed E-state index contributed by atoms with van der Waals surface area (Å²) >= 11 is 0. The van der Waals surface area contributed by atoms with E-state index in [9.17, 15) is 18.0 Å². The van der Waals surface area contributed by atoms with Crippen molar-refractivity contribution in [3.8, 4) is 5.69 Å². The molecule has 7 nitrogen and oxygen atoms in total. The van der Waals surface area contributed by atoms with Crippen LogP contribution in [0, 0.1) is 18.8 Å². The van der Waals surface area contributed by atoms with Gasteiger partial charge in [-0.05, 0) is 85.9 Å². The molecule has 2 fully saturated rings. The number of halogens is 3. The average molecular weight is 596 g/mol. The number of methoxy groups -OCH3 is 1. The van der Waals surface area contributed by atoms with E-state index in [1.54, 1.807) is 19.4 Å². The van der Waals surface area contributed by atoms with E-state index in [4.69, 9.17) is 9.84 Å². The van der Waals surface area contributed by atoms with Crippen LogP contribution in [0.15, 0.2) is 53.7 Å². The lowest BCUT2D eigenvalue weighted by atomic mass is 9.71. The van der Waals surface area contributed by atoms with E-state index in [1.807, 2.05) is 29.1 Å². The maximum Gasteiger partial charge on any atom is 0.418 e. The van der Waals surface area contributed by atoms with E-state index in [0.29, 0.717) is 42.8 Å². The van der Waals surface area contributed by atoms with Crippen molar-refractivity contribution in [3.05, 3.63) is 87.4 Å². The van der Waals surface area contributed by atoms with Gasteiger partial charge in [0.1, 0.15) is 0 Å². The van der Waals surface area contributed by atoms with Gasteiger partial charge in [0, 0.05) is 44.7 Å². The molecule has 4 heterocycles. The lowest BCUT2D eigenvalue weighted by Crippen LogP contribution is -2.34. The summed E-state index contributed by atoms with van der Waals surface area (Å²) in [6.45, 7) is 7.52. The molecule has 3 aromatic heterocycles. The van der Waals surface area contributed by atoms with Gasteiger partial charge in [-0.3, -0.25) is 18.5 Å². The molecule has 0 unspecified atom stereocenters. The van der Waals surface area contributed by atoms with Crippen molar-refractivity contribution >= 4 is 5.52 Å². The first-order chi connectivity index (χ1) is 20.6. The normalized spacial score (nSPS) is 19.2. The summed E-state index contributed by atoms with van der Waals surface area (Å²) in [6, 6.07) is 8.87. The zero-order valence-electron chi connectivity index (χ0n) is 25.1. The van der Waals surface area contributed by atoms with E-state index >= 15 is 0 Å². The van der Waals surface area contributed by atoms with Gasteiger partial charge in [-0.1, -0.05) is 25.5 Å². The SMILES string of the molecule is COCCn1cc(C)c([C@@H](c2cccc(-n3cc4c(C(F)(F)F)cc(CN5CCC[C@H](C)C5)cn4c3=O)c2)C2CCC2)n1. The van der Waals surface area contributed by atoms with E-state index in [2.05, 4.69) is 18.7 Å². The molecule has 0 amide bonds. The highest BCUT2D eigenvalue weighted by atomic mass is 19.4. The fourth-order valence-electron chi connectivity index (χ4n) is 6.87. The number of alkyl halides is 3. The van der Waals surface area contributed by atoms with Crippen LogP contribution in [0.2, 0.25) is 0 Å². The van der Waals surface area contributed by atoms with Gasteiger partial charge in [-0.2, -0.15) is 18.3 Å². The summed E-state index contributed by atoms with van der Waals surface area (Å²) in [7, 11) is 1.67. The molecule has 1 aliphatic heterocycles. The lowest BCUT2D eigenvalue weighted by Gasteiger charge is -2.34. The Hall–Kier alpha value is -3.37. The molecule has 4 aromatic rings. The number of piperidine rings is 1. The molecule has 0 bridgehead atoms. The molecule has 1 saturated carbocycles. The second-order valence-electron chi connectivity index (χ2n) is 12.5. The zero-order chi connectivity index (χ0) is 30.3. The highest BCUT2D eigenvalue weighted by molar-refractivity contribution is 5.58. The minimum atomic E-state index is -4.59. The Morgan fingerprint density at radius 2 is 1.91 bits per heavy atom. The first-order valence-electron chi connectivity index (χ1n) is 15.3. The Labute approximate surface area is 249 Å². The smallest absolute Gasteiger partial charge is 0.383 e. The Morgan fingerprint density at radius 1 is 1.09 bits per heavy atom. The summed E-state index contributed by atoms with van der Waals surface area (Å²) in [5, 5.41) is 4.92. The van der Waals surface area contributed by atoms with E-state index in [1.165, 1.54) is 21.2 Å². The van der Waals surface area contributed by atoms with Gasteiger partial charge in [0.05, 0.1) is 35.6 Å². The molecule has 230 valence electrons. The predicted molar refractivity (Wildman–Crippen MR) is 160 cm³/mol. The third-order valence-corrected chi connectivity index (χ3v) is 9.21. The van der Waals surface area contributed by atoms with Crippen molar-refractivity contribution in [1.29, 1.82) is 0 Å². The lowest BCUT2D eigenvalue weighted by molar-refractivity contribution is -0.136. The number of pyridine rings is 1. The highest BCUT2D eigenvalue weighted by Gasteiger charge is 2.35. The molecule has 0 radical (unpaired) electrons. The van der Waals surface area contributed by atoms with Crippen LogP contribution >= 0.6 is 0 Å². The summed E-state index contributed by atoms with van der Waals surface area (Å²) in [4.78, 5) is 15.9. The van der Waals surface area contributed by atoms with Gasteiger partial charge in [-0.25, -0.2) is 4.79 Å². The molecular formula is C33H40F3N5O2. The Bertz CT molecular complexity index is 1650. The van der Waals surface area contributed by atoms with Crippen LogP contribution in [-0.4, -0.2) is 50.5 Å². The predicted octanol–water partition coefficient (Wildman–Crippen LogP) is 6.42. The number of benzene rings is 1. The number of likely N-dealkylation sites (tertiary alicyclic amines) is 1. The van der Waals surface area contributed by atoms with Crippen molar-refractivity contribution in [1.82, 2.24) is 23.6 Å². The largest absolute Gasteiger partial charge is 0.418 e. The minimum absolute atomic E-state index is 0.0366. The molecule has 43 heavy (non-hydrogen) atoms.